The average Bonchev–Trinajstić information content (AvgIpc) is 3.50. The van der Waals surface area contributed by atoms with Gasteiger partial charge in [-0.15, -0.1) is 5.10 Å². The molecule has 0 spiro atoms. The first-order valence-electron chi connectivity index (χ1n) is 10.9. The maximum absolute atomic E-state index is 12.9. The minimum absolute atomic E-state index is 0.00940. The summed E-state index contributed by atoms with van der Waals surface area (Å²) in [5.41, 5.74) is 1.27. The largest absolute Gasteiger partial charge is 0.319 e. The van der Waals surface area contributed by atoms with Gasteiger partial charge in [0.2, 0.25) is 15.8 Å². The van der Waals surface area contributed by atoms with Crippen molar-refractivity contribution >= 4 is 27.4 Å². The Morgan fingerprint density at radius 2 is 1.94 bits per heavy atom. The molecule has 5 rings (SSSR count). The number of aromatic nitrogens is 4. The summed E-state index contributed by atoms with van der Waals surface area (Å²) in [6.45, 7) is 3.81. The fraction of sp³-hybridized carbons (Fsp3) is 0.455. The van der Waals surface area contributed by atoms with Gasteiger partial charge in [0.25, 0.3) is 11.7 Å². The second kappa shape index (κ2) is 7.93. The molecule has 2 N–H and O–H groups in total. The molecule has 2 fully saturated rings. The summed E-state index contributed by atoms with van der Waals surface area (Å²) >= 11 is 0. The monoisotopic (exact) mass is 454 g/mol. The molecular formula is C22H26N6O3S. The summed E-state index contributed by atoms with van der Waals surface area (Å²) in [5.74, 6) is 1.66. The number of nitrogens with one attached hydrogen (secondary N) is 2. The Labute approximate surface area is 186 Å². The third-order valence-corrected chi connectivity index (χ3v) is 8.41. The number of anilines is 1. The van der Waals surface area contributed by atoms with Gasteiger partial charge in [-0.1, -0.05) is 6.42 Å². The highest BCUT2D eigenvalue weighted by molar-refractivity contribution is 7.89. The first-order chi connectivity index (χ1) is 15.3. The molecule has 2 bridgehead atoms. The van der Waals surface area contributed by atoms with Crippen molar-refractivity contribution in [3.63, 3.8) is 0 Å². The molecular weight excluding hydrogens is 428 g/mol. The lowest BCUT2D eigenvalue weighted by Gasteiger charge is -2.28. The minimum atomic E-state index is -3.63. The number of carbonyl (C=O) groups is 1. The molecule has 2 aliphatic carbocycles. The molecule has 2 aromatic heterocycles. The summed E-state index contributed by atoms with van der Waals surface area (Å²) in [7, 11) is -3.63. The van der Waals surface area contributed by atoms with Gasteiger partial charge in [0.1, 0.15) is 0 Å². The number of fused-ring (bicyclic) bond motifs is 3. The Hall–Kier alpha value is -2.85. The van der Waals surface area contributed by atoms with Crippen LogP contribution in [-0.2, 0) is 10.0 Å². The number of hydrogen-bond acceptors (Lipinski definition) is 6. The van der Waals surface area contributed by atoms with Crippen molar-refractivity contribution in [2.24, 2.45) is 17.8 Å². The van der Waals surface area contributed by atoms with E-state index in [0.29, 0.717) is 23.3 Å². The van der Waals surface area contributed by atoms with Crippen molar-refractivity contribution in [1.29, 1.82) is 0 Å². The van der Waals surface area contributed by atoms with Gasteiger partial charge < -0.3 is 5.32 Å². The van der Waals surface area contributed by atoms with Gasteiger partial charge >= 0.3 is 0 Å². The summed E-state index contributed by atoms with van der Waals surface area (Å²) in [4.78, 5) is 20.9. The molecule has 2 saturated carbocycles. The van der Waals surface area contributed by atoms with Crippen LogP contribution < -0.4 is 10.0 Å². The zero-order chi connectivity index (χ0) is 22.5. The lowest BCUT2D eigenvalue weighted by Crippen LogP contribution is -2.40. The number of aryl methyl sites for hydroxylation is 1. The van der Waals surface area contributed by atoms with E-state index in [1.54, 1.807) is 24.4 Å². The SMILES string of the molecule is Cc1ccnc2nc(C(=O)Nc3ccc(S(=O)(=O)N[C@H](C)[C@@H]4C[C@H]5CC[C@H]4C5)cc3)nn12. The smallest absolute Gasteiger partial charge is 0.295 e. The minimum Gasteiger partial charge on any atom is -0.319 e. The predicted octanol–water partition coefficient (Wildman–Crippen LogP) is 2.79. The van der Waals surface area contributed by atoms with Crippen LogP contribution in [0.1, 0.15) is 48.9 Å². The zero-order valence-electron chi connectivity index (χ0n) is 18.0. The van der Waals surface area contributed by atoms with Crippen molar-refractivity contribution in [1.82, 2.24) is 24.3 Å². The number of hydrogen-bond donors (Lipinski definition) is 2. The van der Waals surface area contributed by atoms with E-state index in [4.69, 9.17) is 0 Å². The number of amides is 1. The first kappa shape index (κ1) is 21.0. The van der Waals surface area contributed by atoms with Crippen molar-refractivity contribution in [3.05, 3.63) is 48.0 Å². The van der Waals surface area contributed by atoms with Crippen LogP contribution in [0, 0.1) is 24.7 Å². The van der Waals surface area contributed by atoms with E-state index in [9.17, 15) is 13.2 Å². The molecule has 1 amide bonds. The topological polar surface area (TPSA) is 118 Å². The Kier molecular flexibility index (Phi) is 5.21. The van der Waals surface area contributed by atoms with Crippen molar-refractivity contribution in [2.75, 3.05) is 5.32 Å². The molecule has 168 valence electrons. The van der Waals surface area contributed by atoms with E-state index in [2.05, 4.69) is 25.1 Å². The van der Waals surface area contributed by atoms with Crippen LogP contribution in [-0.4, -0.2) is 39.9 Å². The fourth-order valence-electron chi connectivity index (χ4n) is 5.21. The van der Waals surface area contributed by atoms with Gasteiger partial charge in [0, 0.05) is 23.6 Å². The molecule has 9 nitrogen and oxygen atoms in total. The number of rotatable bonds is 6. The summed E-state index contributed by atoms with van der Waals surface area (Å²) in [5, 5.41) is 6.88. The summed E-state index contributed by atoms with van der Waals surface area (Å²) < 4.78 is 30.1. The van der Waals surface area contributed by atoms with Gasteiger partial charge in [0.05, 0.1) is 4.90 Å². The van der Waals surface area contributed by atoms with Crippen LogP contribution >= 0.6 is 0 Å². The second-order valence-corrected chi connectivity index (χ2v) is 10.7. The van der Waals surface area contributed by atoms with Gasteiger partial charge in [-0.3, -0.25) is 4.79 Å². The number of benzene rings is 1. The highest BCUT2D eigenvalue weighted by Crippen LogP contribution is 2.49. The number of nitrogens with zero attached hydrogens (tertiary/aromatic N) is 4. The fourth-order valence-corrected chi connectivity index (χ4v) is 6.51. The quantitative estimate of drug-likeness (QED) is 0.591. The van der Waals surface area contributed by atoms with Crippen molar-refractivity contribution in [3.8, 4) is 0 Å². The molecule has 1 aromatic carbocycles. The Balaban J connectivity index is 1.25. The average molecular weight is 455 g/mol. The standard InChI is InChI=1S/C22H26N6O3S/c1-13-9-10-23-22-25-20(26-28(13)22)21(29)24-17-5-7-18(8-6-17)32(30,31)27-14(2)19-12-15-3-4-16(19)11-15/h5-10,14-16,19,27H,3-4,11-12H2,1-2H3,(H,24,29)/t14-,15+,16+,19+/m1/s1. The van der Waals surface area contributed by atoms with Gasteiger partial charge in [-0.25, -0.2) is 22.6 Å². The molecule has 0 unspecified atom stereocenters. The highest BCUT2D eigenvalue weighted by Gasteiger charge is 2.42. The van der Waals surface area contributed by atoms with Gasteiger partial charge in [-0.05, 0) is 81.2 Å². The van der Waals surface area contributed by atoms with Crippen molar-refractivity contribution in [2.45, 2.75) is 50.5 Å². The molecule has 2 aliphatic rings. The van der Waals surface area contributed by atoms with Gasteiger partial charge in [0.15, 0.2) is 0 Å². The predicted molar refractivity (Wildman–Crippen MR) is 119 cm³/mol. The van der Waals surface area contributed by atoms with Crippen molar-refractivity contribution < 1.29 is 13.2 Å². The lowest BCUT2D eigenvalue weighted by atomic mass is 9.84. The molecule has 0 aliphatic heterocycles. The highest BCUT2D eigenvalue weighted by atomic mass is 32.2. The van der Waals surface area contributed by atoms with E-state index < -0.39 is 15.9 Å². The van der Waals surface area contributed by atoms with E-state index in [1.807, 2.05) is 13.8 Å². The van der Waals surface area contributed by atoms with Crippen LogP contribution in [0.25, 0.3) is 5.78 Å². The Morgan fingerprint density at radius 3 is 2.59 bits per heavy atom. The van der Waals surface area contributed by atoms with Gasteiger partial charge in [-0.2, -0.15) is 4.98 Å². The molecule has 2 heterocycles. The van der Waals surface area contributed by atoms with Crippen LogP contribution in [0.5, 0.6) is 0 Å². The molecule has 32 heavy (non-hydrogen) atoms. The third kappa shape index (κ3) is 3.88. The van der Waals surface area contributed by atoms with Crippen LogP contribution in [0.15, 0.2) is 41.4 Å². The third-order valence-electron chi connectivity index (χ3n) is 6.83. The molecule has 4 atom stereocenters. The lowest BCUT2D eigenvalue weighted by molar-refractivity contribution is 0.101. The van der Waals surface area contributed by atoms with E-state index in [1.165, 1.54) is 35.9 Å². The maximum Gasteiger partial charge on any atom is 0.295 e. The number of sulfonamides is 1. The van der Waals surface area contributed by atoms with Crippen LogP contribution in [0.2, 0.25) is 0 Å². The molecule has 10 heteroatoms. The normalized spacial score (nSPS) is 23.5. The van der Waals surface area contributed by atoms with E-state index in [-0.39, 0.29) is 16.8 Å². The van der Waals surface area contributed by atoms with Crippen LogP contribution in [0.3, 0.4) is 0 Å². The van der Waals surface area contributed by atoms with Crippen LogP contribution in [0.4, 0.5) is 5.69 Å². The molecule has 3 aromatic rings. The summed E-state index contributed by atoms with van der Waals surface area (Å²) in [6, 6.07) is 7.80. The first-order valence-corrected chi connectivity index (χ1v) is 12.4. The second-order valence-electron chi connectivity index (χ2n) is 8.96. The zero-order valence-corrected chi connectivity index (χ0v) is 18.8. The molecule has 0 saturated heterocycles. The summed E-state index contributed by atoms with van der Waals surface area (Å²) in [6.07, 6.45) is 6.46. The molecule has 0 radical (unpaired) electrons. The Bertz CT molecular complexity index is 1270. The maximum atomic E-state index is 12.9. The van der Waals surface area contributed by atoms with E-state index in [0.717, 1.165) is 18.0 Å². The number of carbonyl (C=O) groups excluding carboxylic acids is 1. The van der Waals surface area contributed by atoms with E-state index >= 15 is 0 Å². The Morgan fingerprint density at radius 1 is 1.16 bits per heavy atom.